The van der Waals surface area contributed by atoms with Crippen LogP contribution in [0.1, 0.15) is 10.4 Å². The molecule has 0 aliphatic rings. The first-order valence-electron chi connectivity index (χ1n) is 5.79. The fraction of sp³-hybridized carbons (Fsp3) is 0. The molecule has 0 heterocycles. The third kappa shape index (κ3) is 3.12. The van der Waals surface area contributed by atoms with Crippen LogP contribution in [-0.4, -0.2) is 24.5 Å². The lowest BCUT2D eigenvalue weighted by Crippen LogP contribution is -2.25. The second-order valence-electron chi connectivity index (χ2n) is 4.06. The van der Waals surface area contributed by atoms with E-state index in [0.29, 0.717) is 5.02 Å². The highest BCUT2D eigenvalue weighted by molar-refractivity contribution is 8.08. The number of nitrogens with zero attached hydrogens (tertiary/aromatic N) is 1. The lowest BCUT2D eigenvalue weighted by Gasteiger charge is -2.06. The van der Waals surface area contributed by atoms with Crippen molar-refractivity contribution in [2.24, 2.45) is 5.16 Å². The zero-order valence-corrected chi connectivity index (χ0v) is 12.2. The fourth-order valence-corrected chi connectivity index (χ4v) is 2.99. The molecule has 0 bridgehead atoms. The Morgan fingerprint density at radius 1 is 1.00 bits per heavy atom. The van der Waals surface area contributed by atoms with Gasteiger partial charge < -0.3 is 5.21 Å². The van der Waals surface area contributed by atoms with Crippen molar-refractivity contribution in [2.45, 2.75) is 4.90 Å². The topological polar surface area (TPSA) is 83.8 Å². The van der Waals surface area contributed by atoms with Crippen molar-refractivity contribution in [3.8, 4) is 0 Å². The third-order valence-electron chi connectivity index (χ3n) is 2.70. The number of halogens is 1. The SMILES string of the molecule is O=C(/C(=N/O)S(=O)(=O)c1ccccc1)c1ccc(Cl)cc1. The highest BCUT2D eigenvalue weighted by Gasteiger charge is 2.30. The molecule has 0 saturated heterocycles. The van der Waals surface area contributed by atoms with E-state index in [9.17, 15) is 13.2 Å². The Kier molecular flexibility index (Phi) is 4.40. The number of hydrogen-bond acceptors (Lipinski definition) is 5. The molecule has 0 amide bonds. The predicted octanol–water partition coefficient (Wildman–Crippen LogP) is 2.78. The molecule has 5 nitrogen and oxygen atoms in total. The van der Waals surface area contributed by atoms with E-state index in [0.717, 1.165) is 0 Å². The van der Waals surface area contributed by atoms with Crippen molar-refractivity contribution in [1.29, 1.82) is 0 Å². The molecule has 0 aliphatic carbocycles. The van der Waals surface area contributed by atoms with Gasteiger partial charge in [-0.3, -0.25) is 4.79 Å². The monoisotopic (exact) mass is 323 g/mol. The fourth-order valence-electron chi connectivity index (χ4n) is 1.66. The Labute approximate surface area is 126 Å². The van der Waals surface area contributed by atoms with E-state index < -0.39 is 20.7 Å². The van der Waals surface area contributed by atoms with E-state index >= 15 is 0 Å². The maximum absolute atomic E-state index is 12.3. The molecule has 0 unspecified atom stereocenters. The first kappa shape index (κ1) is 15.2. The largest absolute Gasteiger partial charge is 0.410 e. The molecule has 0 aromatic heterocycles. The molecule has 108 valence electrons. The Morgan fingerprint density at radius 3 is 2.10 bits per heavy atom. The van der Waals surface area contributed by atoms with E-state index in [1.807, 2.05) is 0 Å². The summed E-state index contributed by atoms with van der Waals surface area (Å²) in [6.45, 7) is 0. The van der Waals surface area contributed by atoms with Crippen molar-refractivity contribution < 1.29 is 18.4 Å². The van der Waals surface area contributed by atoms with Gasteiger partial charge in [-0.05, 0) is 36.4 Å². The lowest BCUT2D eigenvalue weighted by molar-refractivity contribution is 0.106. The molecule has 7 heteroatoms. The van der Waals surface area contributed by atoms with Gasteiger partial charge in [0.2, 0.25) is 20.7 Å². The average molecular weight is 324 g/mol. The van der Waals surface area contributed by atoms with Gasteiger partial charge in [-0.2, -0.15) is 0 Å². The van der Waals surface area contributed by atoms with Gasteiger partial charge in [-0.15, -0.1) is 0 Å². The number of oxime groups is 1. The molecule has 0 spiro atoms. The molecular weight excluding hydrogens is 314 g/mol. The first-order chi connectivity index (χ1) is 9.96. The second kappa shape index (κ2) is 6.07. The maximum Gasteiger partial charge on any atom is 0.246 e. The minimum atomic E-state index is -4.19. The van der Waals surface area contributed by atoms with Crippen molar-refractivity contribution in [1.82, 2.24) is 0 Å². The summed E-state index contributed by atoms with van der Waals surface area (Å²) in [5.74, 6) is -0.905. The Hall–Kier alpha value is -2.18. The van der Waals surface area contributed by atoms with Crippen molar-refractivity contribution in [2.75, 3.05) is 0 Å². The second-order valence-corrected chi connectivity index (χ2v) is 6.36. The quantitative estimate of drug-likeness (QED) is 0.309. The van der Waals surface area contributed by atoms with Crippen LogP contribution in [0.3, 0.4) is 0 Å². The number of benzene rings is 2. The van der Waals surface area contributed by atoms with E-state index in [1.165, 1.54) is 48.5 Å². The van der Waals surface area contributed by atoms with Gasteiger partial charge in [0.15, 0.2) is 0 Å². The van der Waals surface area contributed by atoms with Gasteiger partial charge in [-0.1, -0.05) is 35.0 Å². The van der Waals surface area contributed by atoms with E-state index in [1.54, 1.807) is 6.07 Å². The van der Waals surface area contributed by atoms with Crippen LogP contribution in [0, 0.1) is 0 Å². The lowest BCUT2D eigenvalue weighted by atomic mass is 10.1. The molecule has 0 saturated carbocycles. The van der Waals surface area contributed by atoms with E-state index in [2.05, 4.69) is 5.16 Å². The van der Waals surface area contributed by atoms with Crippen LogP contribution in [0.15, 0.2) is 64.6 Å². The van der Waals surface area contributed by atoms with Crippen LogP contribution in [-0.2, 0) is 9.84 Å². The molecule has 0 radical (unpaired) electrons. The number of rotatable bonds is 3. The molecular formula is C14H10ClNO4S. The molecule has 2 aromatic rings. The zero-order valence-electron chi connectivity index (χ0n) is 10.6. The average Bonchev–Trinajstić information content (AvgIpc) is 2.49. The summed E-state index contributed by atoms with van der Waals surface area (Å²) in [6.07, 6.45) is 0. The van der Waals surface area contributed by atoms with Crippen LogP contribution in [0.25, 0.3) is 0 Å². The summed E-state index contributed by atoms with van der Waals surface area (Å²) in [5, 5.41) is 11.1. The van der Waals surface area contributed by atoms with Gasteiger partial charge in [-0.25, -0.2) is 8.42 Å². The summed E-state index contributed by atoms with van der Waals surface area (Å²) in [6, 6.07) is 12.9. The Balaban J connectivity index is 2.45. The standard InChI is InChI=1S/C14H10ClNO4S/c15-11-8-6-10(7-9-11)13(17)14(16-18)21(19,20)12-4-2-1-3-5-12/h1-9,18H/b16-14-. The molecule has 0 fully saturated rings. The minimum absolute atomic E-state index is 0.0618. The number of hydrogen-bond donors (Lipinski definition) is 1. The van der Waals surface area contributed by atoms with Crippen molar-refractivity contribution in [3.63, 3.8) is 0 Å². The molecule has 0 atom stereocenters. The van der Waals surface area contributed by atoms with Gasteiger partial charge in [0, 0.05) is 10.6 Å². The molecule has 2 aromatic carbocycles. The first-order valence-corrected chi connectivity index (χ1v) is 7.65. The summed E-state index contributed by atoms with van der Waals surface area (Å²) >= 11 is 5.71. The highest BCUT2D eigenvalue weighted by atomic mass is 35.5. The number of ketones is 1. The molecule has 2 rings (SSSR count). The number of carbonyl (C=O) groups is 1. The molecule has 0 aliphatic heterocycles. The number of Topliss-reactive ketones (excluding diaryl/α,β-unsaturated/α-hetero) is 1. The summed E-state index contributed by atoms with van der Waals surface area (Å²) in [5.41, 5.74) is 0.0618. The normalized spacial score (nSPS) is 12.1. The van der Waals surface area contributed by atoms with Crippen LogP contribution in [0.2, 0.25) is 5.02 Å². The van der Waals surface area contributed by atoms with Crippen LogP contribution in [0.5, 0.6) is 0 Å². The number of sulfone groups is 1. The summed E-state index contributed by atoms with van der Waals surface area (Å²) < 4.78 is 24.6. The minimum Gasteiger partial charge on any atom is -0.410 e. The van der Waals surface area contributed by atoms with Crippen LogP contribution >= 0.6 is 11.6 Å². The zero-order chi connectivity index (χ0) is 15.5. The highest BCUT2D eigenvalue weighted by Crippen LogP contribution is 2.17. The van der Waals surface area contributed by atoms with Crippen molar-refractivity contribution in [3.05, 3.63) is 65.2 Å². The van der Waals surface area contributed by atoms with Gasteiger partial charge in [0.05, 0.1) is 4.90 Å². The van der Waals surface area contributed by atoms with E-state index in [4.69, 9.17) is 16.8 Å². The van der Waals surface area contributed by atoms with Gasteiger partial charge in [0.1, 0.15) is 0 Å². The molecule has 21 heavy (non-hydrogen) atoms. The van der Waals surface area contributed by atoms with Crippen LogP contribution < -0.4 is 0 Å². The Bertz CT molecular complexity index is 783. The van der Waals surface area contributed by atoms with Crippen LogP contribution in [0.4, 0.5) is 0 Å². The van der Waals surface area contributed by atoms with Crippen molar-refractivity contribution >= 4 is 32.3 Å². The van der Waals surface area contributed by atoms with Gasteiger partial charge in [0.25, 0.3) is 0 Å². The maximum atomic E-state index is 12.3. The summed E-state index contributed by atoms with van der Waals surface area (Å²) in [7, 11) is -4.19. The third-order valence-corrected chi connectivity index (χ3v) is 4.62. The number of carbonyl (C=O) groups excluding carboxylic acids is 1. The van der Waals surface area contributed by atoms with E-state index in [-0.39, 0.29) is 10.5 Å². The smallest absolute Gasteiger partial charge is 0.246 e. The Morgan fingerprint density at radius 2 is 1.57 bits per heavy atom. The van der Waals surface area contributed by atoms with Gasteiger partial charge >= 0.3 is 0 Å². The predicted molar refractivity (Wildman–Crippen MR) is 78.6 cm³/mol. The molecule has 1 N–H and O–H groups in total. The summed E-state index contributed by atoms with van der Waals surface area (Å²) in [4.78, 5) is 12.1.